The van der Waals surface area contributed by atoms with E-state index in [0.29, 0.717) is 23.3 Å². The Bertz CT molecular complexity index is 1310. The van der Waals surface area contributed by atoms with E-state index in [1.165, 1.54) is 36.4 Å². The van der Waals surface area contributed by atoms with Gasteiger partial charge in [-0.15, -0.1) is 0 Å². The number of aldehydes is 2. The van der Waals surface area contributed by atoms with Gasteiger partial charge in [0.2, 0.25) is 0 Å². The third-order valence-electron chi connectivity index (χ3n) is 4.44. The molecule has 2 heterocycles. The molecule has 0 unspecified atom stereocenters. The van der Waals surface area contributed by atoms with Gasteiger partial charge in [0.15, 0.2) is 34.6 Å². The molecule has 0 radical (unpaired) electrons. The molecule has 2 aromatic heterocycles. The van der Waals surface area contributed by atoms with E-state index in [1.807, 2.05) is 0 Å². The van der Waals surface area contributed by atoms with E-state index in [2.05, 4.69) is 0 Å². The van der Waals surface area contributed by atoms with Gasteiger partial charge in [-0.3, -0.25) is 28.3 Å². The van der Waals surface area contributed by atoms with Crippen LogP contribution in [0.2, 0.25) is 0 Å². The van der Waals surface area contributed by atoms with Gasteiger partial charge in [0.05, 0.1) is 11.1 Å². The average Bonchev–Trinajstić information content (AvgIpc) is 2.75. The fourth-order valence-corrected chi connectivity index (χ4v) is 2.89. The van der Waals surface area contributed by atoms with E-state index in [4.69, 9.17) is 9.15 Å². The molecule has 28 heavy (non-hydrogen) atoms. The molecule has 6 heteroatoms. The molecule has 0 aliphatic heterocycles. The molecule has 0 aliphatic carbocycles. The summed E-state index contributed by atoms with van der Waals surface area (Å²) in [5.74, 6) is 0. The van der Waals surface area contributed by atoms with Gasteiger partial charge in [-0.05, 0) is 24.3 Å². The van der Waals surface area contributed by atoms with Crippen molar-refractivity contribution in [1.29, 1.82) is 0 Å². The molecule has 3 aromatic carbocycles. The largest absolute Gasteiger partial charge is 0.298 e. The number of fused-ring (bicyclic) bond motifs is 3. The Labute approximate surface area is 156 Å². The first kappa shape index (κ1) is 17.4. The van der Waals surface area contributed by atoms with Crippen LogP contribution < -0.4 is 10.9 Å². The predicted octanol–water partition coefficient (Wildman–Crippen LogP) is 3.80. The van der Waals surface area contributed by atoms with E-state index < -0.39 is 0 Å². The lowest BCUT2D eigenvalue weighted by atomic mass is 10.1. The number of carbonyl (C=O) groups excluding carboxylic acids is 2. The highest BCUT2D eigenvalue weighted by atomic mass is 17.0. The second-order valence-electron chi connectivity index (χ2n) is 6.14. The number of benzene rings is 3. The van der Waals surface area contributed by atoms with Crippen molar-refractivity contribution >= 4 is 45.3 Å². The summed E-state index contributed by atoms with van der Waals surface area (Å²) in [7, 11) is 0. The molecule has 0 amide bonds. The number of rotatable bonds is 2. The normalized spacial score (nSPS) is 10.7. The molecular weight excluding hydrogens is 360 g/mol. The first-order chi connectivity index (χ1) is 13.6. The van der Waals surface area contributed by atoms with Crippen molar-refractivity contribution in [3.8, 4) is 0 Å². The fraction of sp³-hybridized carbons (Fsp3) is 0. The Morgan fingerprint density at radius 3 is 1.25 bits per heavy atom. The van der Waals surface area contributed by atoms with Gasteiger partial charge in [0, 0.05) is 21.5 Å². The summed E-state index contributed by atoms with van der Waals surface area (Å²) in [6.07, 6.45) is 1.12. The molecule has 0 spiro atoms. The van der Waals surface area contributed by atoms with Crippen molar-refractivity contribution in [2.45, 2.75) is 0 Å². The zero-order valence-electron chi connectivity index (χ0n) is 14.4. The third-order valence-corrected chi connectivity index (χ3v) is 4.44. The summed E-state index contributed by atoms with van der Waals surface area (Å²) in [5.41, 5.74) is -0.236. The minimum absolute atomic E-state index is 0.0168. The summed E-state index contributed by atoms with van der Waals surface area (Å²) in [6, 6.07) is 14.9. The first-order valence-electron chi connectivity index (χ1n) is 8.33. The van der Waals surface area contributed by atoms with Crippen molar-refractivity contribution in [3.63, 3.8) is 0 Å². The average molecular weight is 372 g/mol. The maximum absolute atomic E-state index is 12.7. The van der Waals surface area contributed by atoms with Gasteiger partial charge >= 0.3 is 0 Å². The Morgan fingerprint density at radius 1 is 0.536 bits per heavy atom. The highest BCUT2D eigenvalue weighted by Crippen LogP contribution is 2.15. The Kier molecular flexibility index (Phi) is 4.29. The van der Waals surface area contributed by atoms with E-state index >= 15 is 0 Å². The van der Waals surface area contributed by atoms with Gasteiger partial charge in [-0.2, -0.15) is 0 Å². The highest BCUT2D eigenvalue weighted by molar-refractivity contribution is 5.89. The van der Waals surface area contributed by atoms with Gasteiger partial charge in [0.1, 0.15) is 0 Å². The quantitative estimate of drug-likeness (QED) is 0.392. The lowest BCUT2D eigenvalue weighted by molar-refractivity contribution is 0.0866. The number of hydrogen-bond donors (Lipinski definition) is 0. The van der Waals surface area contributed by atoms with Crippen LogP contribution in [0.25, 0.3) is 32.7 Å². The van der Waals surface area contributed by atoms with Crippen molar-refractivity contribution in [1.82, 2.24) is 0 Å². The van der Waals surface area contributed by atoms with Crippen LogP contribution in [0.4, 0.5) is 0 Å². The summed E-state index contributed by atoms with van der Waals surface area (Å²) in [6.45, 7) is 0. The lowest BCUT2D eigenvalue weighted by Gasteiger charge is -1.97. The van der Waals surface area contributed by atoms with Crippen LogP contribution in [0, 0.1) is 0 Å². The minimum Gasteiger partial charge on any atom is -0.298 e. The molecule has 136 valence electrons. The van der Waals surface area contributed by atoms with E-state index in [1.54, 1.807) is 24.3 Å². The molecule has 0 saturated heterocycles. The van der Waals surface area contributed by atoms with E-state index in [0.717, 1.165) is 0 Å². The summed E-state index contributed by atoms with van der Waals surface area (Å²) >= 11 is 0. The molecule has 0 aliphatic rings. The van der Waals surface area contributed by atoms with Gasteiger partial charge in [-0.25, -0.2) is 0 Å². The minimum atomic E-state index is -0.301. The second kappa shape index (κ2) is 6.92. The van der Waals surface area contributed by atoms with Gasteiger partial charge in [0.25, 0.3) is 0 Å². The zero-order valence-corrected chi connectivity index (χ0v) is 14.4. The van der Waals surface area contributed by atoms with E-state index in [9.17, 15) is 19.2 Å². The van der Waals surface area contributed by atoms with Crippen molar-refractivity contribution < 1.29 is 18.7 Å². The van der Waals surface area contributed by atoms with Crippen LogP contribution in [0.15, 0.2) is 79.4 Å². The van der Waals surface area contributed by atoms with Gasteiger partial charge in [-0.1, -0.05) is 36.4 Å². The topological polar surface area (TPSA) is 94.6 Å². The molecule has 6 nitrogen and oxygen atoms in total. The molecule has 0 N–H and O–H groups in total. The smallest absolute Gasteiger partial charge is 0.193 e. The van der Waals surface area contributed by atoms with Crippen LogP contribution in [-0.4, -0.2) is 12.6 Å². The molecule has 0 fully saturated rings. The maximum Gasteiger partial charge on any atom is 0.193 e. The first-order valence-corrected chi connectivity index (χ1v) is 8.33. The van der Waals surface area contributed by atoms with Crippen molar-refractivity contribution in [2.24, 2.45) is 0 Å². The van der Waals surface area contributed by atoms with Gasteiger partial charge < -0.3 is 0 Å². The molecule has 0 atom stereocenters. The van der Waals surface area contributed by atoms with Crippen LogP contribution in [0.3, 0.4) is 0 Å². The molecular formula is C22H12O6. The van der Waals surface area contributed by atoms with Crippen LogP contribution >= 0.6 is 0 Å². The third kappa shape index (κ3) is 2.97. The SMILES string of the molecule is O=Cc1ccc2cc1ooc1cc(ccc1C=O)c(=O)c1ccc(cc1)c2=O. The number of hydrogen-bond acceptors (Lipinski definition) is 6. The van der Waals surface area contributed by atoms with Crippen LogP contribution in [-0.2, 0) is 0 Å². The van der Waals surface area contributed by atoms with Crippen LogP contribution in [0.1, 0.15) is 20.7 Å². The summed E-state index contributed by atoms with van der Waals surface area (Å²) in [5, 5.41) is 1.34. The van der Waals surface area contributed by atoms with Crippen molar-refractivity contribution in [2.75, 3.05) is 0 Å². The molecule has 5 aromatic rings. The second-order valence-corrected chi connectivity index (χ2v) is 6.14. The Hall–Kier alpha value is -4.06. The maximum atomic E-state index is 12.7. The molecule has 0 saturated carbocycles. The van der Waals surface area contributed by atoms with Crippen molar-refractivity contribution in [3.05, 3.63) is 92.2 Å². The summed E-state index contributed by atoms with van der Waals surface area (Å²) < 4.78 is 10.5. The summed E-state index contributed by atoms with van der Waals surface area (Å²) in [4.78, 5) is 48.0. The molecule has 6 bridgehead atoms. The van der Waals surface area contributed by atoms with E-state index in [-0.39, 0.29) is 43.9 Å². The zero-order chi connectivity index (χ0) is 19.7. The number of carbonyl (C=O) groups is 2. The predicted molar refractivity (Wildman–Crippen MR) is 104 cm³/mol. The monoisotopic (exact) mass is 372 g/mol. The Balaban J connectivity index is 2.30. The Morgan fingerprint density at radius 2 is 0.893 bits per heavy atom. The highest BCUT2D eigenvalue weighted by Gasteiger charge is 2.05. The molecule has 5 rings (SSSR count). The lowest BCUT2D eigenvalue weighted by Crippen LogP contribution is -2.01. The fourth-order valence-electron chi connectivity index (χ4n) is 2.89. The standard InChI is InChI=1S/C22H12O6/c23-11-17-7-5-15-9-19(17)27-28-20-10-16(6-8-18(20)12-24)22(26)14-2-1-13(3-4-14)21(15)25/h1-12H. The van der Waals surface area contributed by atoms with Crippen LogP contribution in [0.5, 0.6) is 0 Å².